The molecule has 4 nitrogen and oxygen atoms in total. The molecule has 0 aliphatic carbocycles. The van der Waals surface area contributed by atoms with Crippen LogP contribution in [0.15, 0.2) is 18.2 Å². The number of hydrogen-bond acceptors (Lipinski definition) is 4. The monoisotopic (exact) mass is 276 g/mol. The van der Waals surface area contributed by atoms with Gasteiger partial charge in [-0.3, -0.25) is 4.90 Å². The lowest BCUT2D eigenvalue weighted by Gasteiger charge is -2.29. The Hall–Kier alpha value is -1.10. The van der Waals surface area contributed by atoms with Crippen LogP contribution in [0.4, 0.5) is 0 Å². The zero-order chi connectivity index (χ0) is 14.2. The molecule has 1 aromatic rings. The topological polar surface area (TPSA) is 44.7 Å². The van der Waals surface area contributed by atoms with Crippen LogP contribution >= 0.6 is 0 Å². The van der Waals surface area contributed by atoms with Gasteiger partial charge in [0.2, 0.25) is 0 Å². The Kier molecular flexibility index (Phi) is 3.71. The van der Waals surface area contributed by atoms with Crippen LogP contribution < -0.4 is 10.1 Å². The molecule has 2 N–H and O–H groups in total. The molecule has 2 unspecified atom stereocenters. The molecule has 2 aliphatic heterocycles. The van der Waals surface area contributed by atoms with Gasteiger partial charge in [0.05, 0.1) is 5.60 Å². The summed E-state index contributed by atoms with van der Waals surface area (Å²) in [5, 5.41) is 13.6. The molecular formula is C16H24N2O2. The number of ether oxygens (including phenoxy) is 1. The molecule has 20 heavy (non-hydrogen) atoms. The summed E-state index contributed by atoms with van der Waals surface area (Å²) < 4.78 is 5.99. The van der Waals surface area contributed by atoms with Crippen molar-refractivity contribution in [3.8, 4) is 5.75 Å². The fourth-order valence-electron chi connectivity index (χ4n) is 3.33. The third-order valence-electron chi connectivity index (χ3n) is 4.26. The van der Waals surface area contributed by atoms with Crippen LogP contribution in [0, 0.1) is 6.92 Å². The average Bonchev–Trinajstić information content (AvgIpc) is 2.94. The first kappa shape index (κ1) is 13.9. The van der Waals surface area contributed by atoms with Gasteiger partial charge in [0.1, 0.15) is 11.9 Å². The first-order valence-electron chi connectivity index (χ1n) is 7.42. The number of β-amino-alcohol motifs (C(OH)–C–C–N with tert-alkyl or cyclic N) is 1. The fraction of sp³-hybridized carbons (Fsp3) is 0.625. The largest absolute Gasteiger partial charge is 0.488 e. The maximum absolute atomic E-state index is 10.4. The number of nitrogens with one attached hydrogen (secondary N) is 1. The molecule has 0 spiro atoms. The van der Waals surface area contributed by atoms with Gasteiger partial charge in [-0.1, -0.05) is 17.7 Å². The van der Waals surface area contributed by atoms with Gasteiger partial charge in [0.25, 0.3) is 0 Å². The van der Waals surface area contributed by atoms with Crippen molar-refractivity contribution >= 4 is 0 Å². The molecule has 2 atom stereocenters. The molecule has 3 rings (SSSR count). The van der Waals surface area contributed by atoms with Gasteiger partial charge in [0.15, 0.2) is 0 Å². The second-order valence-electron chi connectivity index (χ2n) is 6.40. The van der Waals surface area contributed by atoms with Crippen LogP contribution in [0.5, 0.6) is 5.75 Å². The second-order valence-corrected chi connectivity index (χ2v) is 6.40. The van der Waals surface area contributed by atoms with Crippen molar-refractivity contribution in [1.29, 1.82) is 0 Å². The summed E-state index contributed by atoms with van der Waals surface area (Å²) in [7, 11) is 2.06. The Morgan fingerprint density at radius 2 is 2.35 bits per heavy atom. The summed E-state index contributed by atoms with van der Waals surface area (Å²) in [6.07, 6.45) is 2.01. The van der Waals surface area contributed by atoms with E-state index in [0.717, 1.165) is 31.7 Å². The summed E-state index contributed by atoms with van der Waals surface area (Å²) in [6.45, 7) is 5.28. The zero-order valence-electron chi connectivity index (χ0n) is 12.4. The molecule has 1 saturated heterocycles. The van der Waals surface area contributed by atoms with E-state index in [2.05, 4.69) is 42.4 Å². The minimum Gasteiger partial charge on any atom is -0.488 e. The summed E-state index contributed by atoms with van der Waals surface area (Å²) >= 11 is 0. The molecule has 4 heteroatoms. The number of aliphatic hydroxyl groups is 1. The highest BCUT2D eigenvalue weighted by Gasteiger charge is 2.33. The first-order valence-corrected chi connectivity index (χ1v) is 7.42. The van der Waals surface area contributed by atoms with Crippen molar-refractivity contribution in [3.63, 3.8) is 0 Å². The van der Waals surface area contributed by atoms with Gasteiger partial charge in [-0.15, -0.1) is 0 Å². The van der Waals surface area contributed by atoms with Crippen molar-refractivity contribution in [2.75, 3.05) is 33.2 Å². The van der Waals surface area contributed by atoms with Crippen molar-refractivity contribution in [3.05, 3.63) is 29.3 Å². The van der Waals surface area contributed by atoms with Gasteiger partial charge < -0.3 is 15.2 Å². The van der Waals surface area contributed by atoms with Crippen molar-refractivity contribution in [1.82, 2.24) is 10.2 Å². The van der Waals surface area contributed by atoms with Gasteiger partial charge in [-0.05, 0) is 38.6 Å². The predicted octanol–water partition coefficient (Wildman–Crippen LogP) is 0.955. The molecule has 0 radical (unpaired) electrons. The van der Waals surface area contributed by atoms with E-state index in [1.165, 1.54) is 11.1 Å². The van der Waals surface area contributed by atoms with Gasteiger partial charge >= 0.3 is 0 Å². The minimum absolute atomic E-state index is 0.203. The van der Waals surface area contributed by atoms with E-state index in [1.54, 1.807) is 0 Å². The second kappa shape index (κ2) is 5.35. The highest BCUT2D eigenvalue weighted by atomic mass is 16.5. The van der Waals surface area contributed by atoms with Crippen LogP contribution in [0.3, 0.4) is 0 Å². The van der Waals surface area contributed by atoms with Crippen LogP contribution in [-0.2, 0) is 6.42 Å². The number of likely N-dealkylation sites (N-methyl/N-ethyl adjacent to an activating group) is 1. The van der Waals surface area contributed by atoms with Crippen LogP contribution in [0.25, 0.3) is 0 Å². The lowest BCUT2D eigenvalue weighted by Crippen LogP contribution is -2.45. The zero-order valence-corrected chi connectivity index (χ0v) is 12.4. The Morgan fingerprint density at radius 3 is 3.10 bits per heavy atom. The normalized spacial score (nSPS) is 28.7. The van der Waals surface area contributed by atoms with E-state index in [4.69, 9.17) is 4.74 Å². The lowest BCUT2D eigenvalue weighted by molar-refractivity contribution is 0.0199. The van der Waals surface area contributed by atoms with E-state index < -0.39 is 5.60 Å². The standard InChI is InChI=1S/C16H24N2O2/c1-12-3-4-15-13(7-12)8-14(20-15)9-18(2)11-16(19)5-6-17-10-16/h3-4,7,14,17,19H,5-6,8-11H2,1-2H3. The molecule has 0 saturated carbocycles. The fourth-order valence-corrected chi connectivity index (χ4v) is 3.33. The number of rotatable bonds is 4. The molecule has 2 heterocycles. The van der Waals surface area contributed by atoms with Gasteiger partial charge in [0, 0.05) is 26.1 Å². The number of aryl methyl sites for hydroxylation is 1. The van der Waals surface area contributed by atoms with Crippen LogP contribution in [0.1, 0.15) is 17.5 Å². The van der Waals surface area contributed by atoms with Crippen molar-refractivity contribution < 1.29 is 9.84 Å². The molecule has 0 bridgehead atoms. The minimum atomic E-state index is -0.573. The SMILES string of the molecule is Cc1ccc2c(c1)CC(CN(C)CC1(O)CCNC1)O2. The smallest absolute Gasteiger partial charge is 0.123 e. The van der Waals surface area contributed by atoms with E-state index in [9.17, 15) is 5.11 Å². The Bertz CT molecular complexity index is 483. The van der Waals surface area contributed by atoms with Gasteiger partial charge in [-0.2, -0.15) is 0 Å². The van der Waals surface area contributed by atoms with E-state index in [1.807, 2.05) is 0 Å². The Morgan fingerprint density at radius 1 is 1.50 bits per heavy atom. The number of benzene rings is 1. The summed E-state index contributed by atoms with van der Waals surface area (Å²) in [4.78, 5) is 2.19. The predicted molar refractivity (Wildman–Crippen MR) is 79.2 cm³/mol. The summed E-state index contributed by atoms with van der Waals surface area (Å²) in [6, 6.07) is 6.38. The quantitative estimate of drug-likeness (QED) is 0.859. The Labute approximate surface area is 120 Å². The third kappa shape index (κ3) is 2.97. The summed E-state index contributed by atoms with van der Waals surface area (Å²) in [5.41, 5.74) is 2.02. The van der Waals surface area contributed by atoms with Crippen molar-refractivity contribution in [2.45, 2.75) is 31.5 Å². The van der Waals surface area contributed by atoms with E-state index in [-0.39, 0.29) is 6.10 Å². The molecule has 110 valence electrons. The molecule has 2 aliphatic rings. The number of nitrogens with zero attached hydrogens (tertiary/aromatic N) is 1. The molecule has 0 amide bonds. The lowest BCUT2D eigenvalue weighted by atomic mass is 10.0. The highest BCUT2D eigenvalue weighted by Crippen LogP contribution is 2.30. The Balaban J connectivity index is 1.55. The average molecular weight is 276 g/mol. The third-order valence-corrected chi connectivity index (χ3v) is 4.26. The summed E-state index contributed by atoms with van der Waals surface area (Å²) in [5.74, 6) is 1.02. The first-order chi connectivity index (χ1) is 9.54. The molecular weight excluding hydrogens is 252 g/mol. The molecule has 0 aromatic heterocycles. The van der Waals surface area contributed by atoms with Gasteiger partial charge in [-0.25, -0.2) is 0 Å². The number of fused-ring (bicyclic) bond motifs is 1. The van der Waals surface area contributed by atoms with Crippen molar-refractivity contribution in [2.24, 2.45) is 0 Å². The van der Waals surface area contributed by atoms with Crippen LogP contribution in [0.2, 0.25) is 0 Å². The molecule has 1 aromatic carbocycles. The maximum atomic E-state index is 10.4. The molecule has 1 fully saturated rings. The highest BCUT2D eigenvalue weighted by molar-refractivity contribution is 5.40. The van der Waals surface area contributed by atoms with E-state index in [0.29, 0.717) is 13.1 Å². The maximum Gasteiger partial charge on any atom is 0.123 e. The van der Waals surface area contributed by atoms with E-state index >= 15 is 0 Å². The van der Waals surface area contributed by atoms with Crippen LogP contribution in [-0.4, -0.2) is 54.9 Å². The number of hydrogen-bond donors (Lipinski definition) is 2.